The van der Waals surface area contributed by atoms with Gasteiger partial charge in [0, 0.05) is 19.5 Å². The smallest absolute Gasteiger partial charge is 0.420 e. The summed E-state index contributed by atoms with van der Waals surface area (Å²) in [6.07, 6.45) is 0.156. The molecule has 6 heteroatoms. The van der Waals surface area contributed by atoms with Crippen LogP contribution in [0.2, 0.25) is 0 Å². The van der Waals surface area contributed by atoms with Crippen LogP contribution in [0.3, 0.4) is 0 Å². The Bertz CT molecular complexity index is 901. The number of amides is 1. The summed E-state index contributed by atoms with van der Waals surface area (Å²) >= 11 is 0. The van der Waals surface area contributed by atoms with E-state index in [1.807, 2.05) is 0 Å². The Labute approximate surface area is 168 Å². The number of rotatable bonds is 4. The number of hydrogen-bond donors (Lipinski definition) is 0. The van der Waals surface area contributed by atoms with Crippen molar-refractivity contribution < 1.29 is 22.7 Å². The molecule has 156 valence electrons. The zero-order valence-electron chi connectivity index (χ0n) is 16.6. The molecule has 0 radical (unpaired) electrons. The molecule has 29 heavy (non-hydrogen) atoms. The fraction of sp³-hybridized carbons (Fsp3) is 0.522. The van der Waals surface area contributed by atoms with E-state index in [1.54, 1.807) is 23.1 Å². The van der Waals surface area contributed by atoms with Crippen molar-refractivity contribution in [2.24, 2.45) is 5.92 Å². The molecule has 0 aromatic heterocycles. The van der Waals surface area contributed by atoms with E-state index in [0.29, 0.717) is 30.8 Å². The summed E-state index contributed by atoms with van der Waals surface area (Å²) in [6.45, 7) is 3.16. The summed E-state index contributed by atoms with van der Waals surface area (Å²) in [6, 6.07) is 8.11. The molecule has 0 bridgehead atoms. The lowest BCUT2D eigenvalue weighted by Crippen LogP contribution is -2.25. The van der Waals surface area contributed by atoms with Gasteiger partial charge in [0.05, 0.1) is 6.10 Å². The first kappa shape index (κ1) is 20.0. The average molecular weight is 405 g/mol. The van der Waals surface area contributed by atoms with Crippen LogP contribution in [0.25, 0.3) is 10.8 Å². The normalized spacial score (nSPS) is 23.0. The molecule has 1 aliphatic heterocycles. The van der Waals surface area contributed by atoms with E-state index in [4.69, 9.17) is 4.74 Å². The van der Waals surface area contributed by atoms with Crippen LogP contribution in [-0.2, 0) is 17.5 Å². The number of ether oxygens (including phenoxy) is 1. The highest BCUT2D eigenvalue weighted by atomic mass is 19.4. The Morgan fingerprint density at radius 3 is 2.48 bits per heavy atom. The number of benzene rings is 2. The third-order valence-electron chi connectivity index (χ3n) is 6.19. The molecule has 1 saturated heterocycles. The van der Waals surface area contributed by atoms with Gasteiger partial charge >= 0.3 is 6.18 Å². The summed E-state index contributed by atoms with van der Waals surface area (Å²) in [4.78, 5) is 13.7. The van der Waals surface area contributed by atoms with E-state index in [1.165, 1.54) is 12.1 Å². The number of nitrogens with zero attached hydrogens (tertiary/aromatic N) is 1. The first-order valence-electron chi connectivity index (χ1n) is 10.4. The highest BCUT2D eigenvalue weighted by molar-refractivity contribution is 5.91. The lowest BCUT2D eigenvalue weighted by Gasteiger charge is -2.28. The molecule has 2 fully saturated rings. The molecule has 3 nitrogen and oxygen atoms in total. The second kappa shape index (κ2) is 7.88. The zero-order valence-corrected chi connectivity index (χ0v) is 16.6. The van der Waals surface area contributed by atoms with E-state index < -0.39 is 11.7 Å². The largest absolute Gasteiger partial charge is 0.490 e. The van der Waals surface area contributed by atoms with E-state index in [-0.39, 0.29) is 23.1 Å². The van der Waals surface area contributed by atoms with Crippen molar-refractivity contribution in [2.75, 3.05) is 6.54 Å². The standard InChI is InChI=1S/C23H26F3NO2/c1-15-7-9-17(10-8-15)29-20-12-11-18-16(14-27-13-3-6-21(27)28)4-2-5-19(18)22(20)23(24,25)26/h2,4-5,11-12,15,17H,3,6-10,13-14H2,1H3. The first-order valence-corrected chi connectivity index (χ1v) is 10.4. The van der Waals surface area contributed by atoms with Gasteiger partial charge in [0.2, 0.25) is 5.91 Å². The Morgan fingerprint density at radius 1 is 1.07 bits per heavy atom. The summed E-state index contributed by atoms with van der Waals surface area (Å²) in [5.74, 6) is 0.577. The molecule has 0 spiro atoms. The predicted molar refractivity (Wildman–Crippen MR) is 106 cm³/mol. The minimum atomic E-state index is -4.51. The van der Waals surface area contributed by atoms with Crippen LogP contribution in [0.15, 0.2) is 30.3 Å². The van der Waals surface area contributed by atoms with Gasteiger partial charge in [0.25, 0.3) is 0 Å². The summed E-state index contributed by atoms with van der Waals surface area (Å²) < 4.78 is 48.0. The van der Waals surface area contributed by atoms with Gasteiger partial charge in [-0.05, 0) is 60.4 Å². The van der Waals surface area contributed by atoms with Crippen molar-refractivity contribution >= 4 is 16.7 Å². The minimum absolute atomic E-state index is 0.0597. The maximum atomic E-state index is 14.0. The summed E-state index contributed by atoms with van der Waals surface area (Å²) in [5.41, 5.74) is 0.0320. The Balaban J connectivity index is 1.71. The molecule has 0 N–H and O–H groups in total. The molecule has 1 saturated carbocycles. The molecule has 2 aromatic rings. The van der Waals surface area contributed by atoms with Gasteiger partial charge in [-0.3, -0.25) is 4.79 Å². The molecule has 1 heterocycles. The van der Waals surface area contributed by atoms with Crippen molar-refractivity contribution in [3.05, 3.63) is 41.5 Å². The van der Waals surface area contributed by atoms with Gasteiger partial charge in [-0.15, -0.1) is 0 Å². The maximum Gasteiger partial charge on any atom is 0.420 e. The fourth-order valence-corrected chi connectivity index (χ4v) is 4.54. The van der Waals surface area contributed by atoms with Crippen LogP contribution in [0, 0.1) is 5.92 Å². The van der Waals surface area contributed by atoms with Crippen molar-refractivity contribution in [1.82, 2.24) is 4.90 Å². The third kappa shape index (κ3) is 4.21. The molecule has 4 rings (SSSR count). The van der Waals surface area contributed by atoms with E-state index in [2.05, 4.69) is 6.92 Å². The fourth-order valence-electron chi connectivity index (χ4n) is 4.54. The number of likely N-dealkylation sites (tertiary alicyclic amines) is 1. The Kier molecular flexibility index (Phi) is 5.45. The Hall–Kier alpha value is -2.24. The average Bonchev–Trinajstić information content (AvgIpc) is 3.07. The number of fused-ring (bicyclic) bond motifs is 1. The highest BCUT2D eigenvalue weighted by Gasteiger charge is 2.37. The minimum Gasteiger partial charge on any atom is -0.490 e. The van der Waals surface area contributed by atoms with E-state index in [0.717, 1.165) is 37.7 Å². The lowest BCUT2D eigenvalue weighted by atomic mass is 9.89. The monoisotopic (exact) mass is 405 g/mol. The first-order chi connectivity index (χ1) is 13.8. The van der Waals surface area contributed by atoms with Gasteiger partial charge in [-0.1, -0.05) is 31.2 Å². The van der Waals surface area contributed by atoms with Gasteiger partial charge in [-0.2, -0.15) is 13.2 Å². The molecular weight excluding hydrogens is 379 g/mol. The van der Waals surface area contributed by atoms with Crippen LogP contribution >= 0.6 is 0 Å². The Morgan fingerprint density at radius 2 is 1.83 bits per heavy atom. The molecule has 1 aliphatic carbocycles. The van der Waals surface area contributed by atoms with Gasteiger partial charge < -0.3 is 9.64 Å². The number of carbonyl (C=O) groups excluding carboxylic acids is 1. The van der Waals surface area contributed by atoms with E-state index >= 15 is 0 Å². The van der Waals surface area contributed by atoms with Gasteiger partial charge in [0.1, 0.15) is 11.3 Å². The van der Waals surface area contributed by atoms with Crippen LogP contribution in [0.4, 0.5) is 13.2 Å². The summed E-state index contributed by atoms with van der Waals surface area (Å²) in [5, 5.41) is 0.674. The SMILES string of the molecule is CC1CCC(Oc2ccc3c(CN4CCCC4=O)cccc3c2C(F)(F)F)CC1. The van der Waals surface area contributed by atoms with Crippen LogP contribution in [0.1, 0.15) is 56.6 Å². The molecule has 0 unspecified atom stereocenters. The topological polar surface area (TPSA) is 29.5 Å². The lowest BCUT2D eigenvalue weighted by molar-refractivity contribution is -0.138. The second-order valence-corrected chi connectivity index (χ2v) is 8.37. The molecular formula is C23H26F3NO2. The number of alkyl halides is 3. The van der Waals surface area contributed by atoms with Crippen LogP contribution in [0.5, 0.6) is 5.75 Å². The third-order valence-corrected chi connectivity index (χ3v) is 6.19. The van der Waals surface area contributed by atoms with Gasteiger partial charge in [-0.25, -0.2) is 0 Å². The second-order valence-electron chi connectivity index (χ2n) is 8.37. The van der Waals surface area contributed by atoms with Crippen molar-refractivity contribution in [3.63, 3.8) is 0 Å². The zero-order chi connectivity index (χ0) is 20.6. The molecule has 2 aliphatic rings. The van der Waals surface area contributed by atoms with Crippen LogP contribution < -0.4 is 4.74 Å². The number of carbonyl (C=O) groups is 1. The molecule has 1 amide bonds. The quantitative estimate of drug-likeness (QED) is 0.630. The van der Waals surface area contributed by atoms with Crippen LogP contribution in [-0.4, -0.2) is 23.5 Å². The van der Waals surface area contributed by atoms with Crippen molar-refractivity contribution in [1.29, 1.82) is 0 Å². The number of halogens is 3. The van der Waals surface area contributed by atoms with E-state index in [9.17, 15) is 18.0 Å². The maximum absolute atomic E-state index is 14.0. The predicted octanol–water partition coefficient (Wildman–Crippen LogP) is 5.94. The summed E-state index contributed by atoms with van der Waals surface area (Å²) in [7, 11) is 0. The number of hydrogen-bond acceptors (Lipinski definition) is 2. The molecule has 2 aromatic carbocycles. The van der Waals surface area contributed by atoms with Crippen molar-refractivity contribution in [3.8, 4) is 5.75 Å². The van der Waals surface area contributed by atoms with Gasteiger partial charge in [0.15, 0.2) is 0 Å². The van der Waals surface area contributed by atoms with Crippen molar-refractivity contribution in [2.45, 2.75) is 64.3 Å². The highest BCUT2D eigenvalue weighted by Crippen LogP contribution is 2.43. The molecule has 0 atom stereocenters.